The van der Waals surface area contributed by atoms with E-state index in [0.29, 0.717) is 11.1 Å². The predicted molar refractivity (Wildman–Crippen MR) is 137 cm³/mol. The van der Waals surface area contributed by atoms with Crippen LogP contribution < -0.4 is 4.74 Å². The first-order valence-corrected chi connectivity index (χ1v) is 13.1. The highest BCUT2D eigenvalue weighted by Crippen LogP contribution is 2.52. The normalized spacial score (nSPS) is 22.3. The maximum Gasteiger partial charge on any atom is 0.187 e. The van der Waals surface area contributed by atoms with Crippen LogP contribution >= 0.6 is 0 Å². The van der Waals surface area contributed by atoms with Crippen LogP contribution in [-0.2, 0) is 11.8 Å². The molecular weight excluding hydrogens is 404 g/mol. The van der Waals surface area contributed by atoms with Crippen molar-refractivity contribution < 1.29 is 4.74 Å². The second kappa shape index (κ2) is 11.2. The van der Waals surface area contributed by atoms with Gasteiger partial charge in [0.05, 0.1) is 13.2 Å². The van der Waals surface area contributed by atoms with Crippen molar-refractivity contribution >= 4 is 5.69 Å². The van der Waals surface area contributed by atoms with Crippen molar-refractivity contribution in [3.8, 4) is 5.75 Å². The summed E-state index contributed by atoms with van der Waals surface area (Å²) in [6.07, 6.45) is 10.3. The van der Waals surface area contributed by atoms with E-state index in [2.05, 4.69) is 47.9 Å². The van der Waals surface area contributed by atoms with Crippen LogP contribution in [0.3, 0.4) is 0 Å². The fourth-order valence-corrected chi connectivity index (χ4v) is 6.69. The lowest BCUT2D eigenvalue weighted by atomic mass is 9.54. The van der Waals surface area contributed by atoms with E-state index in [1.54, 1.807) is 11.1 Å². The van der Waals surface area contributed by atoms with Crippen molar-refractivity contribution in [3.05, 3.63) is 71.1 Å². The molecule has 4 rings (SSSR count). The highest BCUT2D eigenvalue weighted by atomic mass is 16.5. The number of aryl methyl sites for hydroxylation is 1. The molecule has 0 N–H and O–H groups in total. The number of nitrogens with zero attached hydrogens (tertiary/aromatic N) is 2. The minimum atomic E-state index is 0.373. The van der Waals surface area contributed by atoms with E-state index in [1.165, 1.54) is 58.0 Å². The number of likely N-dealkylation sites (tertiary alicyclic amines) is 1. The van der Waals surface area contributed by atoms with Crippen molar-refractivity contribution in [3.63, 3.8) is 0 Å². The standard InChI is InChI=1S/C30H40N2O/c1-4-9-24(2)30(19-7-11-25-10-5-6-12-29(25)30)26-17-21-32(22-18-26)20-8-23-33-28-15-13-27(31-3)14-16-28/h5-6,10,12-16,24,26H,4,7-9,11,17-23H2,1-2H3. The Bertz CT molecular complexity index is 923. The topological polar surface area (TPSA) is 16.8 Å². The lowest BCUT2D eigenvalue weighted by Crippen LogP contribution is -2.49. The van der Waals surface area contributed by atoms with E-state index < -0.39 is 0 Å². The van der Waals surface area contributed by atoms with Gasteiger partial charge in [-0.1, -0.05) is 63.1 Å². The molecule has 2 unspecified atom stereocenters. The fraction of sp³-hybridized carbons (Fsp3) is 0.567. The van der Waals surface area contributed by atoms with Gasteiger partial charge < -0.3 is 9.64 Å². The molecule has 3 nitrogen and oxygen atoms in total. The summed E-state index contributed by atoms with van der Waals surface area (Å²) in [6.45, 7) is 16.2. The third kappa shape index (κ3) is 5.28. The van der Waals surface area contributed by atoms with Gasteiger partial charge >= 0.3 is 0 Å². The molecule has 2 aromatic carbocycles. The van der Waals surface area contributed by atoms with Crippen molar-refractivity contribution in [2.24, 2.45) is 11.8 Å². The Balaban J connectivity index is 1.33. The van der Waals surface area contributed by atoms with Gasteiger partial charge in [0.15, 0.2) is 5.69 Å². The molecule has 1 aliphatic heterocycles. The van der Waals surface area contributed by atoms with E-state index in [-0.39, 0.29) is 0 Å². The van der Waals surface area contributed by atoms with Crippen LogP contribution in [-0.4, -0.2) is 31.1 Å². The first-order valence-electron chi connectivity index (χ1n) is 13.1. The van der Waals surface area contributed by atoms with Crippen LogP contribution in [0.2, 0.25) is 0 Å². The molecule has 3 heteroatoms. The molecule has 33 heavy (non-hydrogen) atoms. The van der Waals surface area contributed by atoms with Crippen LogP contribution in [0.25, 0.3) is 4.85 Å². The number of ether oxygens (including phenoxy) is 1. The summed E-state index contributed by atoms with van der Waals surface area (Å²) < 4.78 is 5.90. The van der Waals surface area contributed by atoms with Gasteiger partial charge in [-0.05, 0) is 86.7 Å². The maximum absolute atomic E-state index is 7.05. The molecule has 0 amide bonds. The lowest BCUT2D eigenvalue weighted by Gasteiger charge is -2.52. The molecule has 1 fully saturated rings. The van der Waals surface area contributed by atoms with Crippen molar-refractivity contribution in [1.82, 2.24) is 4.90 Å². The summed E-state index contributed by atoms with van der Waals surface area (Å²) in [5.41, 5.74) is 4.35. The Hall–Kier alpha value is -2.31. The Morgan fingerprint density at radius 2 is 1.88 bits per heavy atom. The number of hydrogen-bond acceptors (Lipinski definition) is 2. The first-order chi connectivity index (χ1) is 16.2. The zero-order valence-electron chi connectivity index (χ0n) is 20.6. The lowest BCUT2D eigenvalue weighted by molar-refractivity contribution is 0.0718. The third-order valence-corrected chi connectivity index (χ3v) is 8.33. The van der Waals surface area contributed by atoms with Gasteiger partial charge in [-0.3, -0.25) is 0 Å². The number of rotatable bonds is 9. The van der Waals surface area contributed by atoms with Gasteiger partial charge in [-0.25, -0.2) is 4.85 Å². The molecular formula is C30H40N2O. The number of benzene rings is 2. The summed E-state index contributed by atoms with van der Waals surface area (Å²) in [5, 5.41) is 0. The fourth-order valence-electron chi connectivity index (χ4n) is 6.69. The first kappa shape index (κ1) is 23.8. The van der Waals surface area contributed by atoms with Gasteiger partial charge in [-0.15, -0.1) is 0 Å². The molecule has 0 spiro atoms. The average molecular weight is 445 g/mol. The Labute approximate surface area is 201 Å². The Kier molecular flexibility index (Phi) is 8.10. The zero-order chi connectivity index (χ0) is 23.1. The SMILES string of the molecule is [C-]#[N+]c1ccc(OCCCN2CCC(C3(C(C)CCC)CCCc4ccccc43)CC2)cc1. The van der Waals surface area contributed by atoms with Crippen LogP contribution in [0.5, 0.6) is 5.75 Å². The van der Waals surface area contributed by atoms with E-state index in [9.17, 15) is 0 Å². The summed E-state index contributed by atoms with van der Waals surface area (Å²) >= 11 is 0. The van der Waals surface area contributed by atoms with Gasteiger partial charge in [0.2, 0.25) is 0 Å². The third-order valence-electron chi connectivity index (χ3n) is 8.33. The van der Waals surface area contributed by atoms with E-state index >= 15 is 0 Å². The molecule has 0 bridgehead atoms. The highest BCUT2D eigenvalue weighted by molar-refractivity contribution is 5.47. The van der Waals surface area contributed by atoms with Gasteiger partial charge in [0.1, 0.15) is 5.75 Å². The summed E-state index contributed by atoms with van der Waals surface area (Å²) in [5.74, 6) is 2.42. The molecule has 0 radical (unpaired) electrons. The molecule has 2 aliphatic rings. The zero-order valence-corrected chi connectivity index (χ0v) is 20.6. The molecule has 176 valence electrons. The van der Waals surface area contributed by atoms with E-state index in [1.807, 2.05) is 24.3 Å². The number of fused-ring (bicyclic) bond motifs is 1. The monoisotopic (exact) mass is 444 g/mol. The van der Waals surface area contributed by atoms with Crippen molar-refractivity contribution in [1.29, 1.82) is 0 Å². The van der Waals surface area contributed by atoms with E-state index in [4.69, 9.17) is 11.3 Å². The van der Waals surface area contributed by atoms with Crippen LogP contribution in [0, 0.1) is 18.4 Å². The van der Waals surface area contributed by atoms with Gasteiger partial charge in [0.25, 0.3) is 0 Å². The molecule has 2 aromatic rings. The molecule has 0 aromatic heterocycles. The highest BCUT2D eigenvalue weighted by Gasteiger charge is 2.47. The van der Waals surface area contributed by atoms with Crippen molar-refractivity contribution in [2.75, 3.05) is 26.2 Å². The number of piperidine rings is 1. The Morgan fingerprint density at radius 3 is 2.61 bits per heavy atom. The minimum absolute atomic E-state index is 0.373. The summed E-state index contributed by atoms with van der Waals surface area (Å²) in [6, 6.07) is 16.8. The van der Waals surface area contributed by atoms with Crippen molar-refractivity contribution in [2.45, 2.75) is 70.6 Å². The molecule has 1 heterocycles. The van der Waals surface area contributed by atoms with E-state index in [0.717, 1.165) is 37.2 Å². The molecule has 1 aliphatic carbocycles. The average Bonchev–Trinajstić information content (AvgIpc) is 2.87. The van der Waals surface area contributed by atoms with Crippen LogP contribution in [0.4, 0.5) is 5.69 Å². The second-order valence-corrected chi connectivity index (χ2v) is 10.2. The quantitative estimate of drug-likeness (QED) is 0.295. The molecule has 0 saturated carbocycles. The summed E-state index contributed by atoms with van der Waals surface area (Å²) in [4.78, 5) is 6.08. The maximum atomic E-state index is 7.05. The summed E-state index contributed by atoms with van der Waals surface area (Å²) in [7, 11) is 0. The minimum Gasteiger partial charge on any atom is -0.494 e. The largest absolute Gasteiger partial charge is 0.494 e. The molecule has 1 saturated heterocycles. The Morgan fingerprint density at radius 1 is 1.12 bits per heavy atom. The molecule has 2 atom stereocenters. The predicted octanol–water partition coefficient (Wildman–Crippen LogP) is 7.43. The smallest absolute Gasteiger partial charge is 0.187 e. The van der Waals surface area contributed by atoms with Gasteiger partial charge in [0, 0.05) is 12.0 Å². The van der Waals surface area contributed by atoms with Crippen LogP contribution in [0.15, 0.2) is 48.5 Å². The number of hydrogen-bond donors (Lipinski definition) is 0. The van der Waals surface area contributed by atoms with Gasteiger partial charge in [-0.2, -0.15) is 0 Å². The second-order valence-electron chi connectivity index (χ2n) is 10.2. The van der Waals surface area contributed by atoms with Crippen LogP contribution in [0.1, 0.15) is 69.9 Å².